The molecule has 0 saturated carbocycles. The third-order valence-electron chi connectivity index (χ3n) is 1.65. The number of benzene rings is 1. The summed E-state index contributed by atoms with van der Waals surface area (Å²) in [5, 5.41) is 0. The predicted octanol–water partition coefficient (Wildman–Crippen LogP) is 1.89. The molecule has 0 aliphatic heterocycles. The fourth-order valence-corrected chi connectivity index (χ4v) is 0.874. The van der Waals surface area contributed by atoms with Gasteiger partial charge in [0, 0.05) is 15.4 Å². The second-order valence-electron chi connectivity index (χ2n) is 2.37. The van der Waals surface area contributed by atoms with E-state index in [1.165, 1.54) is 7.11 Å². The summed E-state index contributed by atoms with van der Waals surface area (Å²) >= 11 is 0. The van der Waals surface area contributed by atoms with Gasteiger partial charge < -0.3 is 10.5 Å². The molecule has 60 valence electrons. The van der Waals surface area contributed by atoms with Crippen molar-refractivity contribution in [2.24, 2.45) is 0 Å². The minimum atomic E-state index is -2.23. The van der Waals surface area contributed by atoms with Crippen LogP contribution < -0.4 is 10.5 Å². The SMILES string of the molecule is [2H]C([2H])([2H])c1c(OC)ccc(C)c1N. The highest BCUT2D eigenvalue weighted by Crippen LogP contribution is 2.25. The van der Waals surface area contributed by atoms with Crippen molar-refractivity contribution in [1.29, 1.82) is 0 Å². The van der Waals surface area contributed by atoms with Crippen LogP contribution >= 0.6 is 0 Å². The largest absolute Gasteiger partial charge is 0.496 e. The summed E-state index contributed by atoms with van der Waals surface area (Å²) in [7, 11) is 1.43. The predicted molar refractivity (Wildman–Crippen MR) is 46.9 cm³/mol. The average molecular weight is 154 g/mol. The molecule has 0 bridgehead atoms. The van der Waals surface area contributed by atoms with E-state index in [2.05, 4.69) is 0 Å². The first-order valence-electron chi connectivity index (χ1n) is 4.81. The van der Waals surface area contributed by atoms with Crippen molar-refractivity contribution in [3.63, 3.8) is 0 Å². The first-order valence-corrected chi connectivity index (χ1v) is 3.31. The van der Waals surface area contributed by atoms with Gasteiger partial charge in [0.05, 0.1) is 7.11 Å². The lowest BCUT2D eigenvalue weighted by Gasteiger charge is -2.08. The number of nitrogen functional groups attached to an aromatic ring is 1. The topological polar surface area (TPSA) is 35.2 Å². The molecule has 2 heteroatoms. The van der Waals surface area contributed by atoms with E-state index in [0.29, 0.717) is 5.75 Å². The number of anilines is 1. The molecule has 0 aromatic heterocycles. The summed E-state index contributed by atoms with van der Waals surface area (Å²) in [6.45, 7) is -0.467. The van der Waals surface area contributed by atoms with E-state index in [0.717, 1.165) is 5.56 Å². The summed E-state index contributed by atoms with van der Waals surface area (Å²) in [4.78, 5) is 0. The maximum Gasteiger partial charge on any atom is 0.123 e. The zero-order chi connectivity index (χ0) is 10.9. The molecule has 0 aliphatic carbocycles. The summed E-state index contributed by atoms with van der Waals surface area (Å²) in [5.74, 6) is 0.313. The van der Waals surface area contributed by atoms with Crippen molar-refractivity contribution >= 4 is 5.69 Å². The molecule has 11 heavy (non-hydrogen) atoms. The zero-order valence-electron chi connectivity index (χ0n) is 9.64. The molecule has 2 N–H and O–H groups in total. The van der Waals surface area contributed by atoms with Gasteiger partial charge in [-0.05, 0) is 25.4 Å². The Bertz CT molecular complexity index is 347. The number of hydrogen-bond donors (Lipinski definition) is 1. The maximum atomic E-state index is 7.33. The number of ether oxygens (including phenoxy) is 1. The molecule has 1 aromatic carbocycles. The van der Waals surface area contributed by atoms with Gasteiger partial charge >= 0.3 is 0 Å². The minimum Gasteiger partial charge on any atom is -0.496 e. The van der Waals surface area contributed by atoms with Crippen LogP contribution in [0.1, 0.15) is 15.2 Å². The molecule has 0 heterocycles. The number of rotatable bonds is 1. The van der Waals surface area contributed by atoms with E-state index in [9.17, 15) is 0 Å². The van der Waals surface area contributed by atoms with E-state index in [1.54, 1.807) is 19.1 Å². The molecule has 0 radical (unpaired) electrons. The lowest BCUT2D eigenvalue weighted by Crippen LogP contribution is -1.96. The van der Waals surface area contributed by atoms with Gasteiger partial charge in [0.2, 0.25) is 0 Å². The molecule has 0 unspecified atom stereocenters. The van der Waals surface area contributed by atoms with Crippen molar-refractivity contribution in [1.82, 2.24) is 0 Å². The molecule has 0 spiro atoms. The Morgan fingerprint density at radius 1 is 1.55 bits per heavy atom. The summed E-state index contributed by atoms with van der Waals surface area (Å²) < 4.78 is 27.0. The van der Waals surface area contributed by atoms with Crippen LogP contribution in [0.15, 0.2) is 12.1 Å². The third kappa shape index (κ3) is 1.29. The highest BCUT2D eigenvalue weighted by atomic mass is 16.5. The molecule has 1 rings (SSSR count). The first-order chi connectivity index (χ1) is 6.38. The van der Waals surface area contributed by atoms with E-state index in [-0.39, 0.29) is 11.3 Å². The minimum absolute atomic E-state index is 0.0972. The molecule has 0 aliphatic rings. The molecular formula is C9H13NO. The fourth-order valence-electron chi connectivity index (χ4n) is 0.874. The third-order valence-corrected chi connectivity index (χ3v) is 1.65. The molecule has 2 nitrogen and oxygen atoms in total. The van der Waals surface area contributed by atoms with E-state index >= 15 is 0 Å². The van der Waals surface area contributed by atoms with Crippen LogP contribution in [0.5, 0.6) is 5.75 Å². The quantitative estimate of drug-likeness (QED) is 0.627. The van der Waals surface area contributed by atoms with Crippen molar-refractivity contribution < 1.29 is 8.85 Å². The summed E-state index contributed by atoms with van der Waals surface area (Å²) in [6, 6.07) is 3.36. The molecule has 0 fully saturated rings. The molecular weight excluding hydrogens is 138 g/mol. The van der Waals surface area contributed by atoms with Crippen LogP contribution in [0, 0.1) is 13.8 Å². The van der Waals surface area contributed by atoms with E-state index < -0.39 is 6.85 Å². The fraction of sp³-hybridized carbons (Fsp3) is 0.333. The number of methoxy groups -OCH3 is 1. The summed E-state index contributed by atoms with van der Waals surface area (Å²) in [5.41, 5.74) is 6.83. The molecule has 1 aromatic rings. The maximum absolute atomic E-state index is 7.33. The van der Waals surface area contributed by atoms with Crippen molar-refractivity contribution in [2.45, 2.75) is 13.8 Å². The number of hydrogen-bond acceptors (Lipinski definition) is 2. The Hall–Kier alpha value is -1.18. The highest BCUT2D eigenvalue weighted by molar-refractivity contribution is 5.58. The van der Waals surface area contributed by atoms with Gasteiger partial charge in [-0.15, -0.1) is 0 Å². The van der Waals surface area contributed by atoms with Crippen LogP contribution in [0.3, 0.4) is 0 Å². The normalized spacial score (nSPS) is 14.9. The Morgan fingerprint density at radius 2 is 2.27 bits per heavy atom. The lowest BCUT2D eigenvalue weighted by molar-refractivity contribution is 0.412. The van der Waals surface area contributed by atoms with Crippen LogP contribution in [0.25, 0.3) is 0 Å². The smallest absolute Gasteiger partial charge is 0.123 e. The van der Waals surface area contributed by atoms with Crippen LogP contribution in [0.4, 0.5) is 5.69 Å². The van der Waals surface area contributed by atoms with Crippen LogP contribution in [0.2, 0.25) is 0 Å². The first kappa shape index (κ1) is 4.65. The van der Waals surface area contributed by atoms with Crippen molar-refractivity contribution in [3.8, 4) is 5.75 Å². The number of aryl methyl sites for hydroxylation is 1. The van der Waals surface area contributed by atoms with Crippen molar-refractivity contribution in [3.05, 3.63) is 23.3 Å². The second kappa shape index (κ2) is 2.82. The molecule has 0 atom stereocenters. The Morgan fingerprint density at radius 3 is 2.82 bits per heavy atom. The zero-order valence-corrected chi connectivity index (χ0v) is 6.64. The van der Waals surface area contributed by atoms with Gasteiger partial charge in [-0.2, -0.15) is 0 Å². The van der Waals surface area contributed by atoms with E-state index in [1.807, 2.05) is 0 Å². The van der Waals surface area contributed by atoms with Gasteiger partial charge in [-0.3, -0.25) is 0 Å². The monoisotopic (exact) mass is 154 g/mol. The average Bonchev–Trinajstić information content (AvgIpc) is 2.07. The van der Waals surface area contributed by atoms with E-state index in [4.69, 9.17) is 14.6 Å². The number of nitrogens with two attached hydrogens (primary N) is 1. The van der Waals surface area contributed by atoms with Gasteiger partial charge in [-0.1, -0.05) is 6.07 Å². The van der Waals surface area contributed by atoms with Crippen LogP contribution in [-0.2, 0) is 0 Å². The van der Waals surface area contributed by atoms with Crippen LogP contribution in [-0.4, -0.2) is 7.11 Å². The van der Waals surface area contributed by atoms with Gasteiger partial charge in [-0.25, -0.2) is 0 Å². The highest BCUT2D eigenvalue weighted by Gasteiger charge is 2.02. The van der Waals surface area contributed by atoms with Crippen molar-refractivity contribution in [2.75, 3.05) is 12.8 Å². The molecule has 0 saturated heterocycles. The van der Waals surface area contributed by atoms with Gasteiger partial charge in [0.1, 0.15) is 5.75 Å². The molecule has 0 amide bonds. The Balaban J connectivity index is 3.44. The Kier molecular flexibility index (Phi) is 1.19. The summed E-state index contributed by atoms with van der Waals surface area (Å²) in [6.07, 6.45) is 0. The lowest BCUT2D eigenvalue weighted by atomic mass is 10.1. The second-order valence-corrected chi connectivity index (χ2v) is 2.37. The van der Waals surface area contributed by atoms with Gasteiger partial charge in [0.15, 0.2) is 0 Å². The van der Waals surface area contributed by atoms with Gasteiger partial charge in [0.25, 0.3) is 0 Å². The standard InChI is InChI=1S/C9H13NO/c1-6-4-5-8(11-3)7(2)9(6)10/h4-5H,10H2,1-3H3/i2D3. The Labute approximate surface area is 71.2 Å².